The Balaban J connectivity index is 2.09. The molecule has 1 aliphatic rings. The van der Waals surface area contributed by atoms with Crippen LogP contribution in [0.1, 0.15) is 40.0 Å². The van der Waals surface area contributed by atoms with Gasteiger partial charge in [0.2, 0.25) is 0 Å². The fourth-order valence-corrected chi connectivity index (χ4v) is 9.01. The topological polar surface area (TPSA) is 9.23 Å². The van der Waals surface area contributed by atoms with Crippen molar-refractivity contribution in [1.82, 2.24) is 0 Å². The Morgan fingerprint density at radius 1 is 1.00 bits per heavy atom. The fourth-order valence-electron chi connectivity index (χ4n) is 4.27. The number of hydrogen-bond donors (Lipinski definition) is 0. The molecule has 0 heterocycles. The van der Waals surface area contributed by atoms with Gasteiger partial charge in [0.05, 0.1) is 6.10 Å². The molecule has 0 N–H and O–H groups in total. The molecule has 0 amide bonds. The van der Waals surface area contributed by atoms with E-state index in [1.165, 1.54) is 10.4 Å². The summed E-state index contributed by atoms with van der Waals surface area (Å²) in [5, 5.41) is 2.69. The third-order valence-corrected chi connectivity index (χ3v) is 10.7. The number of benzene rings is 2. The second-order valence-corrected chi connectivity index (χ2v) is 12.6. The number of rotatable bonds is 6. The first kappa shape index (κ1) is 19.7. The van der Waals surface area contributed by atoms with E-state index in [2.05, 4.69) is 99.5 Å². The van der Waals surface area contributed by atoms with E-state index in [1.807, 2.05) is 0 Å². The summed E-state index contributed by atoms with van der Waals surface area (Å²) in [4.78, 5) is 0. The van der Waals surface area contributed by atoms with Crippen molar-refractivity contribution in [2.45, 2.75) is 51.2 Å². The van der Waals surface area contributed by atoms with Gasteiger partial charge in [0.1, 0.15) is 0 Å². The van der Waals surface area contributed by atoms with E-state index in [-0.39, 0.29) is 11.1 Å². The largest absolute Gasteiger partial charge is 0.404 e. The maximum atomic E-state index is 7.25. The molecule has 0 radical (unpaired) electrons. The van der Waals surface area contributed by atoms with Gasteiger partial charge >= 0.3 is 0 Å². The number of terminal acetylenes is 1. The van der Waals surface area contributed by atoms with Crippen LogP contribution in [-0.2, 0) is 4.43 Å². The molecule has 0 saturated carbocycles. The molecule has 2 heteroatoms. The van der Waals surface area contributed by atoms with Crippen molar-refractivity contribution in [2.75, 3.05) is 0 Å². The second kappa shape index (κ2) is 8.29. The Hall–Kier alpha value is -2.08. The number of hydrogen-bond acceptors (Lipinski definition) is 1. The molecule has 1 nitrogen and oxygen atoms in total. The van der Waals surface area contributed by atoms with Gasteiger partial charge in [-0.3, -0.25) is 0 Å². The lowest BCUT2D eigenvalue weighted by Crippen LogP contribution is -2.68. The second-order valence-electron chi connectivity index (χ2n) is 8.39. The molecule has 0 unspecified atom stereocenters. The first-order valence-electron chi connectivity index (χ1n) is 9.88. The zero-order chi connectivity index (χ0) is 19.3. The Bertz CT molecular complexity index is 756. The van der Waals surface area contributed by atoms with Crippen molar-refractivity contribution in [3.8, 4) is 12.3 Å². The summed E-state index contributed by atoms with van der Waals surface area (Å²) >= 11 is 0. The van der Waals surface area contributed by atoms with Crippen molar-refractivity contribution >= 4 is 18.7 Å². The van der Waals surface area contributed by atoms with Crippen LogP contribution >= 0.6 is 0 Å². The molecule has 0 spiro atoms. The van der Waals surface area contributed by atoms with Crippen molar-refractivity contribution in [2.24, 2.45) is 5.92 Å². The van der Waals surface area contributed by atoms with E-state index in [0.29, 0.717) is 5.92 Å². The first-order valence-corrected chi connectivity index (χ1v) is 11.8. The van der Waals surface area contributed by atoms with Crippen molar-refractivity contribution in [3.05, 3.63) is 72.8 Å². The smallest absolute Gasteiger partial charge is 0.261 e. The van der Waals surface area contributed by atoms with Gasteiger partial charge in [-0.15, -0.1) is 12.3 Å². The highest BCUT2D eigenvalue weighted by Crippen LogP contribution is 2.40. The minimum absolute atomic E-state index is 0.00889. The van der Waals surface area contributed by atoms with Gasteiger partial charge in [-0.1, -0.05) is 93.6 Å². The van der Waals surface area contributed by atoms with E-state index < -0.39 is 8.32 Å². The minimum atomic E-state index is -2.49. The zero-order valence-corrected chi connectivity index (χ0v) is 17.7. The van der Waals surface area contributed by atoms with Crippen molar-refractivity contribution in [1.29, 1.82) is 0 Å². The van der Waals surface area contributed by atoms with Gasteiger partial charge in [0.25, 0.3) is 8.32 Å². The molecule has 1 aliphatic carbocycles. The molecule has 3 rings (SSSR count). The molecule has 2 atom stereocenters. The molecule has 0 aromatic heterocycles. The molecule has 0 fully saturated rings. The quantitative estimate of drug-likeness (QED) is 0.396. The summed E-state index contributed by atoms with van der Waals surface area (Å²) in [5.41, 5.74) is 0. The van der Waals surface area contributed by atoms with E-state index in [9.17, 15) is 0 Å². The van der Waals surface area contributed by atoms with Crippen LogP contribution in [0.4, 0.5) is 0 Å². The Labute approximate surface area is 165 Å². The van der Waals surface area contributed by atoms with Crippen molar-refractivity contribution in [3.63, 3.8) is 0 Å². The van der Waals surface area contributed by atoms with Gasteiger partial charge in [-0.2, -0.15) is 0 Å². The van der Waals surface area contributed by atoms with E-state index in [4.69, 9.17) is 10.8 Å². The maximum Gasteiger partial charge on any atom is 0.261 e. The third kappa shape index (κ3) is 3.95. The van der Waals surface area contributed by atoms with Crippen LogP contribution in [-0.4, -0.2) is 14.4 Å². The molecule has 27 heavy (non-hydrogen) atoms. The maximum absolute atomic E-state index is 7.25. The minimum Gasteiger partial charge on any atom is -0.404 e. The highest BCUT2D eigenvalue weighted by atomic mass is 28.4. The van der Waals surface area contributed by atoms with E-state index in [1.54, 1.807) is 0 Å². The normalized spacial score (nSPS) is 19.8. The standard InChI is InChI=1S/C25H30OSi/c1-5-6-14-21-15-13-20-24(21)26-27(25(2,3)4,22-16-9-7-10-17-22)23-18-11-8-12-19-23/h1,7-13,15-19,21,24H,6,14,20H2,2-4H3/t21-,24+/m0/s1. The third-order valence-electron chi connectivity index (χ3n) is 5.60. The Morgan fingerprint density at radius 3 is 2.04 bits per heavy atom. The van der Waals surface area contributed by atoms with Crippen LogP contribution in [0.2, 0.25) is 5.04 Å². The van der Waals surface area contributed by atoms with Crippen LogP contribution < -0.4 is 10.4 Å². The fraction of sp³-hybridized carbons (Fsp3) is 0.360. The predicted octanol–water partition coefficient (Wildman–Crippen LogP) is 4.92. The molecule has 0 aliphatic heterocycles. The van der Waals surface area contributed by atoms with Crippen LogP contribution in [0.3, 0.4) is 0 Å². The highest BCUT2D eigenvalue weighted by Gasteiger charge is 2.52. The lowest BCUT2D eigenvalue weighted by Gasteiger charge is -2.45. The first-order chi connectivity index (χ1) is 13.0. The van der Waals surface area contributed by atoms with Gasteiger partial charge in [0, 0.05) is 12.3 Å². The zero-order valence-electron chi connectivity index (χ0n) is 16.7. The van der Waals surface area contributed by atoms with Crippen LogP contribution in [0.25, 0.3) is 0 Å². The predicted molar refractivity (Wildman–Crippen MR) is 118 cm³/mol. The van der Waals surface area contributed by atoms with Crippen LogP contribution in [0, 0.1) is 18.3 Å². The lowest BCUT2D eigenvalue weighted by molar-refractivity contribution is 0.153. The van der Waals surface area contributed by atoms with E-state index >= 15 is 0 Å². The Morgan fingerprint density at radius 2 is 1.56 bits per heavy atom. The SMILES string of the molecule is C#CCC[C@H]1C=CC[C@H]1O[Si](c1ccccc1)(c1ccccc1)C(C)(C)C. The average molecular weight is 375 g/mol. The molecule has 2 aromatic carbocycles. The van der Waals surface area contributed by atoms with Gasteiger partial charge in [-0.05, 0) is 28.3 Å². The molecular formula is C25H30OSi. The van der Waals surface area contributed by atoms with Crippen LogP contribution in [0.15, 0.2) is 72.8 Å². The van der Waals surface area contributed by atoms with Gasteiger partial charge in [-0.25, -0.2) is 0 Å². The summed E-state index contributed by atoms with van der Waals surface area (Å²) in [5.74, 6) is 3.20. The molecule has 0 bridgehead atoms. The Kier molecular flexibility index (Phi) is 6.04. The molecular weight excluding hydrogens is 344 g/mol. The molecule has 2 aromatic rings. The molecule has 140 valence electrons. The summed E-state index contributed by atoms with van der Waals surface area (Å²) in [6.07, 6.45) is 13.1. The summed E-state index contributed by atoms with van der Waals surface area (Å²) in [6.45, 7) is 6.99. The average Bonchev–Trinajstić information content (AvgIpc) is 3.11. The van der Waals surface area contributed by atoms with Gasteiger partial charge < -0.3 is 4.43 Å². The lowest BCUT2D eigenvalue weighted by atomic mass is 10.0. The summed E-state index contributed by atoms with van der Waals surface area (Å²) in [6, 6.07) is 21.7. The monoisotopic (exact) mass is 374 g/mol. The van der Waals surface area contributed by atoms with Gasteiger partial charge in [0.15, 0.2) is 0 Å². The van der Waals surface area contributed by atoms with Crippen LogP contribution in [0.5, 0.6) is 0 Å². The summed E-state index contributed by atoms with van der Waals surface area (Å²) < 4.78 is 7.25. The van der Waals surface area contributed by atoms with Crippen molar-refractivity contribution < 1.29 is 4.43 Å². The van der Waals surface area contributed by atoms with E-state index in [0.717, 1.165) is 19.3 Å². The molecule has 0 saturated heterocycles. The summed E-state index contributed by atoms with van der Waals surface area (Å²) in [7, 11) is -2.49. The highest BCUT2D eigenvalue weighted by molar-refractivity contribution is 6.99.